The number of nitrogens with zero attached hydrogens (tertiary/aromatic N) is 3. The summed E-state index contributed by atoms with van der Waals surface area (Å²) in [6.45, 7) is 18.1. The molecule has 166 valence electrons. The minimum atomic E-state index is -0.181. The highest BCUT2D eigenvalue weighted by Gasteiger charge is 2.47. The van der Waals surface area contributed by atoms with Gasteiger partial charge in [0.1, 0.15) is 11.4 Å². The van der Waals surface area contributed by atoms with E-state index in [1.807, 2.05) is 0 Å². The van der Waals surface area contributed by atoms with Crippen LogP contribution in [0.15, 0.2) is 30.3 Å². The Morgan fingerprint density at radius 2 is 1.39 bits per heavy atom. The van der Waals surface area contributed by atoms with Crippen LogP contribution in [0.4, 0.5) is 11.4 Å². The van der Waals surface area contributed by atoms with Crippen LogP contribution in [0.3, 0.4) is 0 Å². The molecule has 2 aromatic carbocycles. The quantitative estimate of drug-likeness (QED) is 0.677. The number of ether oxygens (including phenoxy) is 1. The molecule has 4 nitrogen and oxygen atoms in total. The van der Waals surface area contributed by atoms with Crippen LogP contribution in [-0.2, 0) is 0 Å². The summed E-state index contributed by atoms with van der Waals surface area (Å²) in [5.41, 5.74) is 8.22. The van der Waals surface area contributed by atoms with E-state index in [0.717, 1.165) is 31.9 Å². The van der Waals surface area contributed by atoms with E-state index in [1.54, 1.807) is 0 Å². The minimum Gasteiger partial charge on any atom is -0.485 e. The van der Waals surface area contributed by atoms with Crippen molar-refractivity contribution < 1.29 is 4.74 Å². The van der Waals surface area contributed by atoms with Gasteiger partial charge in [0.25, 0.3) is 0 Å². The lowest BCUT2D eigenvalue weighted by Crippen LogP contribution is -2.47. The van der Waals surface area contributed by atoms with Crippen LogP contribution in [-0.4, -0.2) is 49.8 Å². The number of fused-ring (bicyclic) bond motifs is 1. The lowest BCUT2D eigenvalue weighted by Gasteiger charge is -2.40. The molecule has 0 spiro atoms. The first-order valence-corrected chi connectivity index (χ1v) is 12.0. The normalized spacial score (nSPS) is 23.2. The average molecular weight is 420 g/mol. The van der Waals surface area contributed by atoms with Crippen molar-refractivity contribution in [2.24, 2.45) is 0 Å². The summed E-state index contributed by atoms with van der Waals surface area (Å²) in [6, 6.07) is 11.2. The van der Waals surface area contributed by atoms with Gasteiger partial charge in [0.15, 0.2) is 0 Å². The molecule has 0 radical (unpaired) electrons. The molecule has 0 N–H and O–H groups in total. The predicted octanol–water partition coefficient (Wildman–Crippen LogP) is 5.25. The van der Waals surface area contributed by atoms with Crippen molar-refractivity contribution in [1.82, 2.24) is 4.90 Å². The van der Waals surface area contributed by atoms with Crippen molar-refractivity contribution in [3.8, 4) is 5.75 Å². The molecule has 2 fully saturated rings. The first-order valence-electron chi connectivity index (χ1n) is 12.0. The van der Waals surface area contributed by atoms with Gasteiger partial charge in [0, 0.05) is 43.1 Å². The zero-order valence-electron chi connectivity index (χ0n) is 19.9. The second kappa shape index (κ2) is 7.74. The van der Waals surface area contributed by atoms with Gasteiger partial charge < -0.3 is 14.5 Å². The Bertz CT molecular complexity index is 954. The zero-order valence-corrected chi connectivity index (χ0v) is 19.9. The average Bonchev–Trinajstić information content (AvgIpc) is 3.38. The summed E-state index contributed by atoms with van der Waals surface area (Å²) in [5, 5.41) is 0. The molecule has 0 amide bonds. The Morgan fingerprint density at radius 3 is 2.03 bits per heavy atom. The van der Waals surface area contributed by atoms with Crippen LogP contribution < -0.4 is 14.5 Å². The molecular formula is C27H37N3O. The van der Waals surface area contributed by atoms with Crippen LogP contribution >= 0.6 is 0 Å². The van der Waals surface area contributed by atoms with E-state index in [2.05, 4.69) is 79.7 Å². The monoisotopic (exact) mass is 419 g/mol. The van der Waals surface area contributed by atoms with Crippen molar-refractivity contribution in [3.05, 3.63) is 52.6 Å². The van der Waals surface area contributed by atoms with Gasteiger partial charge in [-0.1, -0.05) is 18.2 Å². The number of hydrogen-bond donors (Lipinski definition) is 0. The van der Waals surface area contributed by atoms with E-state index in [-0.39, 0.29) is 5.60 Å². The Hall–Kier alpha value is -2.20. The summed E-state index contributed by atoms with van der Waals surface area (Å²) in [5.74, 6) is 1.16. The first kappa shape index (κ1) is 20.7. The van der Waals surface area contributed by atoms with E-state index in [0.29, 0.717) is 6.04 Å². The van der Waals surface area contributed by atoms with Crippen molar-refractivity contribution in [2.75, 3.05) is 49.1 Å². The number of anilines is 2. The van der Waals surface area contributed by atoms with Gasteiger partial charge in [0.2, 0.25) is 0 Å². The lowest BCUT2D eigenvalue weighted by molar-refractivity contribution is 0.0396. The molecular weight excluding hydrogens is 382 g/mol. The third-order valence-corrected chi connectivity index (χ3v) is 7.78. The third kappa shape index (κ3) is 3.40. The maximum Gasteiger partial charge on any atom is 0.128 e. The van der Waals surface area contributed by atoms with Gasteiger partial charge >= 0.3 is 0 Å². The number of benzene rings is 2. The highest BCUT2D eigenvalue weighted by atomic mass is 16.5. The van der Waals surface area contributed by atoms with Crippen molar-refractivity contribution in [3.63, 3.8) is 0 Å². The van der Waals surface area contributed by atoms with Gasteiger partial charge in [-0.15, -0.1) is 0 Å². The van der Waals surface area contributed by atoms with Crippen LogP contribution in [0.5, 0.6) is 5.75 Å². The molecule has 1 atom stereocenters. The molecule has 2 saturated heterocycles. The van der Waals surface area contributed by atoms with Crippen LogP contribution in [0, 0.1) is 20.8 Å². The van der Waals surface area contributed by atoms with E-state index >= 15 is 0 Å². The molecule has 4 heteroatoms. The van der Waals surface area contributed by atoms with E-state index in [9.17, 15) is 0 Å². The molecule has 3 aliphatic rings. The number of likely N-dealkylation sites (tertiary alicyclic amines) is 1. The molecule has 31 heavy (non-hydrogen) atoms. The second-order valence-corrected chi connectivity index (χ2v) is 10.1. The molecule has 0 saturated carbocycles. The summed E-state index contributed by atoms with van der Waals surface area (Å²) in [4.78, 5) is 7.81. The number of rotatable bonds is 3. The van der Waals surface area contributed by atoms with Gasteiger partial charge in [-0.05, 0) is 89.4 Å². The summed E-state index contributed by atoms with van der Waals surface area (Å²) >= 11 is 0. The predicted molar refractivity (Wildman–Crippen MR) is 130 cm³/mol. The molecule has 5 rings (SSSR count). The summed E-state index contributed by atoms with van der Waals surface area (Å²) < 4.78 is 6.66. The molecule has 3 aliphatic heterocycles. The van der Waals surface area contributed by atoms with Gasteiger partial charge in [0.05, 0.1) is 6.04 Å². The Kier molecular flexibility index (Phi) is 5.16. The zero-order chi connectivity index (χ0) is 21.8. The fourth-order valence-electron chi connectivity index (χ4n) is 6.18. The number of hydrogen-bond acceptors (Lipinski definition) is 4. The van der Waals surface area contributed by atoms with Crippen LogP contribution in [0.25, 0.3) is 0 Å². The number of para-hydroxylation sites is 1. The fourth-order valence-corrected chi connectivity index (χ4v) is 6.18. The minimum absolute atomic E-state index is 0.181. The fraction of sp³-hybridized carbons (Fsp3) is 0.556. The Morgan fingerprint density at radius 1 is 0.774 bits per heavy atom. The number of piperazine rings is 1. The Labute approximate surface area is 187 Å². The molecule has 2 aromatic rings. The van der Waals surface area contributed by atoms with Gasteiger partial charge in [-0.25, -0.2) is 0 Å². The van der Waals surface area contributed by atoms with E-state index < -0.39 is 0 Å². The van der Waals surface area contributed by atoms with E-state index in [1.165, 1.54) is 59.6 Å². The lowest BCUT2D eigenvalue weighted by atomic mass is 9.87. The van der Waals surface area contributed by atoms with Crippen LogP contribution in [0.1, 0.15) is 55.0 Å². The summed E-state index contributed by atoms with van der Waals surface area (Å²) in [6.07, 6.45) is 2.61. The smallest absolute Gasteiger partial charge is 0.128 e. The second-order valence-electron chi connectivity index (χ2n) is 10.1. The standard InChI is InChI=1S/C27H37N3O/c1-19-20(2)25-23(26(27(4,5)31-25)30-13-9-10-14-30)21(3)24(19)29-17-15-28(16-18-29)22-11-7-6-8-12-22/h6-8,11-12,26H,9-10,13-18H2,1-5H3. The maximum atomic E-state index is 6.66. The topological polar surface area (TPSA) is 19.0 Å². The van der Waals surface area contributed by atoms with Crippen molar-refractivity contribution >= 4 is 11.4 Å². The Balaban J connectivity index is 1.49. The SMILES string of the molecule is Cc1c(C)c(N2CCN(c3ccccc3)CC2)c(C)c2c1OC(C)(C)C2N1CCCC1. The van der Waals surface area contributed by atoms with E-state index in [4.69, 9.17) is 4.74 Å². The largest absolute Gasteiger partial charge is 0.485 e. The molecule has 1 unspecified atom stereocenters. The highest BCUT2D eigenvalue weighted by molar-refractivity contribution is 5.71. The van der Waals surface area contributed by atoms with Gasteiger partial charge in [-0.3, -0.25) is 4.90 Å². The molecule has 0 bridgehead atoms. The highest BCUT2D eigenvalue weighted by Crippen LogP contribution is 2.53. The van der Waals surface area contributed by atoms with Crippen molar-refractivity contribution in [2.45, 2.75) is 59.1 Å². The molecule has 3 heterocycles. The first-order chi connectivity index (χ1) is 14.9. The molecule has 0 aromatic heterocycles. The summed E-state index contributed by atoms with van der Waals surface area (Å²) in [7, 11) is 0. The van der Waals surface area contributed by atoms with Crippen molar-refractivity contribution in [1.29, 1.82) is 0 Å². The third-order valence-electron chi connectivity index (χ3n) is 7.78. The maximum absolute atomic E-state index is 6.66. The van der Waals surface area contributed by atoms with Gasteiger partial charge in [-0.2, -0.15) is 0 Å². The van der Waals surface area contributed by atoms with Crippen LogP contribution in [0.2, 0.25) is 0 Å². The molecule has 0 aliphatic carbocycles.